The van der Waals surface area contributed by atoms with Crippen molar-refractivity contribution in [3.05, 3.63) is 35.9 Å². The summed E-state index contributed by atoms with van der Waals surface area (Å²) in [6, 6.07) is 13.0. The lowest BCUT2D eigenvalue weighted by molar-refractivity contribution is 0.235. The summed E-state index contributed by atoms with van der Waals surface area (Å²) in [5, 5.41) is 7.78. The summed E-state index contributed by atoms with van der Waals surface area (Å²) in [5.74, 6) is 0.739. The third-order valence-corrected chi connectivity index (χ3v) is 4.83. The lowest BCUT2D eigenvalue weighted by Gasteiger charge is -2.38. The zero-order valence-corrected chi connectivity index (χ0v) is 13.7. The lowest BCUT2D eigenvalue weighted by Crippen LogP contribution is -2.55. The Morgan fingerprint density at radius 3 is 2.24 bits per heavy atom. The molecule has 2 N–H and O–H groups in total. The van der Waals surface area contributed by atoms with E-state index in [-0.39, 0.29) is 5.54 Å². The van der Waals surface area contributed by atoms with Crippen molar-refractivity contribution in [3.8, 4) is 0 Å². The van der Waals surface area contributed by atoms with Crippen molar-refractivity contribution in [2.45, 2.75) is 82.5 Å². The summed E-state index contributed by atoms with van der Waals surface area (Å²) >= 11 is 0. The van der Waals surface area contributed by atoms with E-state index >= 15 is 0 Å². The molecule has 0 amide bonds. The molecule has 1 aromatic carbocycles. The Kier molecular flexibility index (Phi) is 4.37. The highest BCUT2D eigenvalue weighted by molar-refractivity contribution is 5.27. The second-order valence-corrected chi connectivity index (χ2v) is 7.92. The molecular weight excluding hydrogens is 256 g/mol. The van der Waals surface area contributed by atoms with E-state index in [1.54, 1.807) is 0 Å². The van der Waals surface area contributed by atoms with Crippen LogP contribution in [0.3, 0.4) is 0 Å². The van der Waals surface area contributed by atoms with Gasteiger partial charge in [-0.05, 0) is 45.6 Å². The highest BCUT2D eigenvalue weighted by Gasteiger charge is 2.41. The zero-order chi connectivity index (χ0) is 14.9. The normalized spacial score (nSPS) is 32.9. The molecule has 116 valence electrons. The third-order valence-electron chi connectivity index (χ3n) is 4.83. The van der Waals surface area contributed by atoms with Gasteiger partial charge in [0.2, 0.25) is 0 Å². The second kappa shape index (κ2) is 6.10. The van der Waals surface area contributed by atoms with Crippen LogP contribution in [-0.4, -0.2) is 23.7 Å². The molecule has 2 nitrogen and oxygen atoms in total. The van der Waals surface area contributed by atoms with Crippen LogP contribution in [0.1, 0.15) is 64.4 Å². The van der Waals surface area contributed by atoms with Gasteiger partial charge in [0.1, 0.15) is 0 Å². The predicted octanol–water partition coefficient (Wildman–Crippen LogP) is 3.83. The maximum absolute atomic E-state index is 3.95. The minimum absolute atomic E-state index is 0.213. The summed E-state index contributed by atoms with van der Waals surface area (Å²) in [6.07, 6.45) is 6.70. The molecule has 0 heterocycles. The number of rotatable bonds is 4. The van der Waals surface area contributed by atoms with Crippen LogP contribution in [0.5, 0.6) is 0 Å². The van der Waals surface area contributed by atoms with Gasteiger partial charge in [0.15, 0.2) is 0 Å². The molecule has 0 spiro atoms. The first-order valence-electron chi connectivity index (χ1n) is 8.62. The molecule has 0 saturated heterocycles. The van der Waals surface area contributed by atoms with E-state index in [0.29, 0.717) is 18.1 Å². The van der Waals surface area contributed by atoms with Crippen LogP contribution in [0.4, 0.5) is 0 Å². The summed E-state index contributed by atoms with van der Waals surface area (Å²) in [6.45, 7) is 6.84. The maximum atomic E-state index is 3.95. The Hall–Kier alpha value is -0.860. The average molecular weight is 286 g/mol. The minimum Gasteiger partial charge on any atom is -0.309 e. The molecule has 0 bridgehead atoms. The predicted molar refractivity (Wildman–Crippen MR) is 89.7 cm³/mol. The van der Waals surface area contributed by atoms with Crippen molar-refractivity contribution >= 4 is 0 Å². The topological polar surface area (TPSA) is 24.1 Å². The Balaban J connectivity index is 1.56. The average Bonchev–Trinajstić information content (AvgIpc) is 3.20. The molecule has 0 aliphatic heterocycles. The van der Waals surface area contributed by atoms with E-state index in [2.05, 4.69) is 61.7 Å². The molecule has 0 radical (unpaired) electrons. The Morgan fingerprint density at radius 2 is 1.57 bits per heavy atom. The largest absolute Gasteiger partial charge is 0.309 e. The van der Waals surface area contributed by atoms with Gasteiger partial charge in [0.25, 0.3) is 0 Å². The van der Waals surface area contributed by atoms with E-state index in [4.69, 9.17) is 0 Å². The van der Waals surface area contributed by atoms with Crippen LogP contribution in [0.25, 0.3) is 0 Å². The second-order valence-electron chi connectivity index (χ2n) is 7.92. The first-order chi connectivity index (χ1) is 10.0. The fourth-order valence-electron chi connectivity index (χ4n) is 3.78. The summed E-state index contributed by atoms with van der Waals surface area (Å²) in [5.41, 5.74) is 1.72. The van der Waals surface area contributed by atoms with E-state index in [1.165, 1.54) is 37.7 Å². The SMILES string of the molecule is CC(C)(C)NC1CCCCC1NC1CC1c1ccccc1. The Bertz CT molecular complexity index is 448. The Labute approximate surface area is 129 Å². The fraction of sp³-hybridized carbons (Fsp3) is 0.684. The van der Waals surface area contributed by atoms with E-state index in [0.717, 1.165) is 5.92 Å². The van der Waals surface area contributed by atoms with E-state index in [9.17, 15) is 0 Å². The number of benzene rings is 1. The summed E-state index contributed by atoms with van der Waals surface area (Å²) in [7, 11) is 0. The first-order valence-corrected chi connectivity index (χ1v) is 8.62. The van der Waals surface area contributed by atoms with Gasteiger partial charge in [-0.3, -0.25) is 0 Å². The monoisotopic (exact) mass is 286 g/mol. The van der Waals surface area contributed by atoms with Crippen molar-refractivity contribution in [2.75, 3.05) is 0 Å². The van der Waals surface area contributed by atoms with E-state index < -0.39 is 0 Å². The molecule has 1 aromatic rings. The van der Waals surface area contributed by atoms with Crippen LogP contribution in [0.2, 0.25) is 0 Å². The van der Waals surface area contributed by atoms with Crippen LogP contribution >= 0.6 is 0 Å². The summed E-state index contributed by atoms with van der Waals surface area (Å²) in [4.78, 5) is 0. The van der Waals surface area contributed by atoms with Crippen LogP contribution < -0.4 is 10.6 Å². The molecule has 2 aliphatic rings. The third kappa shape index (κ3) is 4.08. The van der Waals surface area contributed by atoms with Gasteiger partial charge < -0.3 is 10.6 Å². The van der Waals surface area contributed by atoms with Crippen molar-refractivity contribution < 1.29 is 0 Å². The standard InChI is InChI=1S/C19H30N2/c1-19(2,3)21-17-12-8-7-11-16(17)20-18-13-15(18)14-9-5-4-6-10-14/h4-6,9-10,15-18,20-21H,7-8,11-13H2,1-3H3. The van der Waals surface area contributed by atoms with Gasteiger partial charge >= 0.3 is 0 Å². The van der Waals surface area contributed by atoms with Gasteiger partial charge in [0.05, 0.1) is 0 Å². The van der Waals surface area contributed by atoms with Crippen molar-refractivity contribution in [3.63, 3.8) is 0 Å². The molecule has 4 unspecified atom stereocenters. The lowest BCUT2D eigenvalue weighted by atomic mass is 9.88. The van der Waals surface area contributed by atoms with Gasteiger partial charge in [-0.1, -0.05) is 43.2 Å². The molecule has 2 heteroatoms. The quantitative estimate of drug-likeness (QED) is 0.879. The smallest absolute Gasteiger partial charge is 0.0226 e. The fourth-order valence-corrected chi connectivity index (χ4v) is 3.78. The van der Waals surface area contributed by atoms with Crippen LogP contribution in [-0.2, 0) is 0 Å². The summed E-state index contributed by atoms with van der Waals surface area (Å²) < 4.78 is 0. The molecule has 2 aliphatic carbocycles. The van der Waals surface area contributed by atoms with Crippen LogP contribution in [0, 0.1) is 0 Å². The minimum atomic E-state index is 0.213. The highest BCUT2D eigenvalue weighted by atomic mass is 15.1. The first kappa shape index (κ1) is 15.1. The molecule has 3 rings (SSSR count). The van der Waals surface area contributed by atoms with Gasteiger partial charge in [-0.15, -0.1) is 0 Å². The molecule has 2 fully saturated rings. The molecule has 4 atom stereocenters. The maximum Gasteiger partial charge on any atom is 0.0226 e. The molecule has 2 saturated carbocycles. The zero-order valence-electron chi connectivity index (χ0n) is 13.7. The number of nitrogens with one attached hydrogen (secondary N) is 2. The molecule has 0 aromatic heterocycles. The number of hydrogen-bond donors (Lipinski definition) is 2. The van der Waals surface area contributed by atoms with Gasteiger partial charge in [-0.25, -0.2) is 0 Å². The molecule has 21 heavy (non-hydrogen) atoms. The van der Waals surface area contributed by atoms with Crippen LogP contribution in [0.15, 0.2) is 30.3 Å². The van der Waals surface area contributed by atoms with Gasteiger partial charge in [0, 0.05) is 29.6 Å². The van der Waals surface area contributed by atoms with Crippen molar-refractivity contribution in [1.82, 2.24) is 10.6 Å². The number of hydrogen-bond acceptors (Lipinski definition) is 2. The van der Waals surface area contributed by atoms with Crippen molar-refractivity contribution in [2.24, 2.45) is 0 Å². The Morgan fingerprint density at radius 1 is 0.905 bits per heavy atom. The highest BCUT2D eigenvalue weighted by Crippen LogP contribution is 2.41. The molecular formula is C19H30N2. The van der Waals surface area contributed by atoms with Crippen molar-refractivity contribution in [1.29, 1.82) is 0 Å². The van der Waals surface area contributed by atoms with Gasteiger partial charge in [-0.2, -0.15) is 0 Å². The van der Waals surface area contributed by atoms with E-state index in [1.807, 2.05) is 0 Å².